The molecule has 104 valence electrons. The van der Waals surface area contributed by atoms with Crippen LogP contribution >= 0.6 is 0 Å². The van der Waals surface area contributed by atoms with Crippen LogP contribution in [0.3, 0.4) is 0 Å². The molecule has 0 N–H and O–H groups in total. The average molecular weight is 268 g/mol. The van der Waals surface area contributed by atoms with Crippen LogP contribution in [-0.4, -0.2) is 12.9 Å². The predicted molar refractivity (Wildman–Crippen MR) is 81.8 cm³/mol. The second-order valence-corrected chi connectivity index (χ2v) is 5.10. The van der Waals surface area contributed by atoms with Gasteiger partial charge in [0.25, 0.3) is 0 Å². The number of ketones is 1. The smallest absolute Gasteiger partial charge is 0.193 e. The Labute approximate surface area is 120 Å². The van der Waals surface area contributed by atoms with Crippen LogP contribution in [0.25, 0.3) is 0 Å². The van der Waals surface area contributed by atoms with Crippen LogP contribution in [0.1, 0.15) is 38.2 Å². The zero-order chi connectivity index (χ0) is 14.9. The van der Waals surface area contributed by atoms with Gasteiger partial charge in [-0.05, 0) is 44.4 Å². The van der Waals surface area contributed by atoms with Gasteiger partial charge < -0.3 is 4.74 Å². The molecule has 0 atom stereocenters. The van der Waals surface area contributed by atoms with Crippen LogP contribution < -0.4 is 4.74 Å². The molecule has 0 aliphatic carbocycles. The maximum atomic E-state index is 12.8. The molecule has 0 aromatic heterocycles. The van der Waals surface area contributed by atoms with E-state index in [-0.39, 0.29) is 5.78 Å². The molecule has 0 saturated carbocycles. The minimum atomic E-state index is 0.0574. The van der Waals surface area contributed by atoms with E-state index in [1.165, 1.54) is 0 Å². The van der Waals surface area contributed by atoms with Crippen molar-refractivity contribution in [1.29, 1.82) is 0 Å². The lowest BCUT2D eigenvalue weighted by molar-refractivity contribution is 0.103. The van der Waals surface area contributed by atoms with E-state index in [0.29, 0.717) is 5.56 Å². The number of carbonyl (C=O) groups excluding carboxylic acids is 1. The van der Waals surface area contributed by atoms with Gasteiger partial charge in [-0.15, -0.1) is 0 Å². The summed E-state index contributed by atoms with van der Waals surface area (Å²) in [4.78, 5) is 12.8. The maximum absolute atomic E-state index is 12.8. The van der Waals surface area contributed by atoms with Crippen LogP contribution in [0.15, 0.2) is 30.3 Å². The third kappa shape index (κ3) is 2.22. The topological polar surface area (TPSA) is 26.3 Å². The van der Waals surface area contributed by atoms with Crippen molar-refractivity contribution in [2.24, 2.45) is 0 Å². The molecule has 0 heterocycles. The lowest BCUT2D eigenvalue weighted by Gasteiger charge is -2.18. The van der Waals surface area contributed by atoms with Gasteiger partial charge >= 0.3 is 0 Å². The quantitative estimate of drug-likeness (QED) is 0.781. The van der Waals surface area contributed by atoms with Gasteiger partial charge in [-0.2, -0.15) is 0 Å². The van der Waals surface area contributed by atoms with Gasteiger partial charge in [-0.1, -0.05) is 30.3 Å². The van der Waals surface area contributed by atoms with Gasteiger partial charge in [-0.25, -0.2) is 0 Å². The highest BCUT2D eigenvalue weighted by Crippen LogP contribution is 2.33. The fraction of sp³-hybridized carbons (Fsp3) is 0.278. The zero-order valence-corrected chi connectivity index (χ0v) is 12.7. The Bertz CT molecular complexity index is 655. The van der Waals surface area contributed by atoms with Crippen molar-refractivity contribution < 1.29 is 9.53 Å². The van der Waals surface area contributed by atoms with E-state index in [9.17, 15) is 4.79 Å². The van der Waals surface area contributed by atoms with Gasteiger partial charge in [0.2, 0.25) is 0 Å². The Balaban J connectivity index is 2.69. The minimum Gasteiger partial charge on any atom is -0.496 e. The molecule has 0 aliphatic rings. The highest BCUT2D eigenvalue weighted by Gasteiger charge is 2.21. The maximum Gasteiger partial charge on any atom is 0.193 e. The Morgan fingerprint density at radius 3 is 2.00 bits per heavy atom. The third-order valence-corrected chi connectivity index (χ3v) is 4.02. The molecule has 2 nitrogen and oxygen atoms in total. The molecule has 2 aromatic carbocycles. The van der Waals surface area contributed by atoms with Crippen LogP contribution in [0.5, 0.6) is 5.75 Å². The molecular formula is C18H20O2. The van der Waals surface area contributed by atoms with Gasteiger partial charge in [0, 0.05) is 16.7 Å². The summed E-state index contributed by atoms with van der Waals surface area (Å²) in [5.41, 5.74) is 5.65. The van der Waals surface area contributed by atoms with Crippen LogP contribution in [-0.2, 0) is 0 Å². The minimum absolute atomic E-state index is 0.0574. The van der Waals surface area contributed by atoms with Crippen molar-refractivity contribution in [3.63, 3.8) is 0 Å². The van der Waals surface area contributed by atoms with E-state index < -0.39 is 0 Å². The van der Waals surface area contributed by atoms with E-state index in [1.54, 1.807) is 7.11 Å². The van der Waals surface area contributed by atoms with Crippen LogP contribution in [0.2, 0.25) is 0 Å². The van der Waals surface area contributed by atoms with E-state index in [4.69, 9.17) is 4.74 Å². The van der Waals surface area contributed by atoms with E-state index in [1.807, 2.05) is 58.0 Å². The zero-order valence-electron chi connectivity index (χ0n) is 12.7. The molecule has 0 unspecified atom stereocenters. The van der Waals surface area contributed by atoms with Crippen LogP contribution in [0, 0.1) is 27.7 Å². The first kappa shape index (κ1) is 14.3. The molecule has 0 spiro atoms. The molecule has 2 rings (SSSR count). The highest BCUT2D eigenvalue weighted by molar-refractivity contribution is 6.11. The fourth-order valence-electron chi connectivity index (χ4n) is 2.70. The Hall–Kier alpha value is -2.09. The number of hydrogen-bond donors (Lipinski definition) is 0. The first-order valence-electron chi connectivity index (χ1n) is 6.73. The largest absolute Gasteiger partial charge is 0.496 e. The molecule has 2 aromatic rings. The average Bonchev–Trinajstić information content (AvgIpc) is 2.46. The van der Waals surface area contributed by atoms with Crippen molar-refractivity contribution in [1.82, 2.24) is 0 Å². The summed E-state index contributed by atoms with van der Waals surface area (Å²) in [5.74, 6) is 0.870. The van der Waals surface area contributed by atoms with E-state index in [2.05, 4.69) is 0 Å². The first-order valence-corrected chi connectivity index (χ1v) is 6.73. The Kier molecular flexibility index (Phi) is 3.93. The summed E-state index contributed by atoms with van der Waals surface area (Å²) in [6.07, 6.45) is 0. The molecule has 0 aliphatic heterocycles. The summed E-state index contributed by atoms with van der Waals surface area (Å²) in [7, 11) is 1.65. The van der Waals surface area contributed by atoms with Crippen molar-refractivity contribution in [3.05, 3.63) is 63.7 Å². The van der Waals surface area contributed by atoms with Gasteiger partial charge in [0.05, 0.1) is 7.11 Å². The second-order valence-electron chi connectivity index (χ2n) is 5.10. The molecular weight excluding hydrogens is 248 g/mol. The molecule has 20 heavy (non-hydrogen) atoms. The number of hydrogen-bond acceptors (Lipinski definition) is 2. The summed E-state index contributed by atoms with van der Waals surface area (Å²) in [5, 5.41) is 0. The van der Waals surface area contributed by atoms with Gasteiger partial charge in [0.15, 0.2) is 5.78 Å². The Morgan fingerprint density at radius 1 is 0.850 bits per heavy atom. The summed E-state index contributed by atoms with van der Waals surface area (Å²) < 4.78 is 5.49. The number of methoxy groups -OCH3 is 1. The monoisotopic (exact) mass is 268 g/mol. The summed E-state index contributed by atoms with van der Waals surface area (Å²) in [6.45, 7) is 8.03. The second kappa shape index (κ2) is 5.49. The normalized spacial score (nSPS) is 10.4. The summed E-state index contributed by atoms with van der Waals surface area (Å²) in [6, 6.07) is 9.38. The summed E-state index contributed by atoms with van der Waals surface area (Å²) >= 11 is 0. The highest BCUT2D eigenvalue weighted by atomic mass is 16.5. The van der Waals surface area contributed by atoms with Crippen molar-refractivity contribution in [2.45, 2.75) is 27.7 Å². The Morgan fingerprint density at radius 2 is 1.45 bits per heavy atom. The van der Waals surface area contributed by atoms with Gasteiger partial charge in [0.1, 0.15) is 5.75 Å². The fourth-order valence-corrected chi connectivity index (χ4v) is 2.70. The van der Waals surface area contributed by atoms with E-state index in [0.717, 1.165) is 33.6 Å². The van der Waals surface area contributed by atoms with Gasteiger partial charge in [-0.3, -0.25) is 4.79 Å². The number of benzene rings is 2. The van der Waals surface area contributed by atoms with E-state index >= 15 is 0 Å². The molecule has 0 fully saturated rings. The van der Waals surface area contributed by atoms with Crippen molar-refractivity contribution in [3.8, 4) is 5.75 Å². The molecule has 0 bridgehead atoms. The SMILES string of the molecule is COc1c(C)c(C)c(C)c(C(=O)c2ccccc2)c1C. The molecule has 0 saturated heterocycles. The van der Waals surface area contributed by atoms with Crippen molar-refractivity contribution in [2.75, 3.05) is 7.11 Å². The van der Waals surface area contributed by atoms with Crippen LogP contribution in [0.4, 0.5) is 0 Å². The number of ether oxygens (including phenoxy) is 1. The predicted octanol–water partition coefficient (Wildman–Crippen LogP) is 4.16. The molecule has 2 heteroatoms. The standard InChI is InChI=1S/C18H20O2/c1-11-12(2)16(14(4)18(20-5)13(11)3)17(19)15-9-7-6-8-10-15/h6-10H,1-5H3. The molecule has 0 amide bonds. The lowest BCUT2D eigenvalue weighted by Crippen LogP contribution is -2.10. The number of carbonyl (C=O) groups is 1. The molecule has 0 radical (unpaired) electrons. The lowest BCUT2D eigenvalue weighted by atomic mass is 9.88. The number of rotatable bonds is 3. The third-order valence-electron chi connectivity index (χ3n) is 4.02. The first-order chi connectivity index (χ1) is 9.49. The van der Waals surface area contributed by atoms with Crippen molar-refractivity contribution >= 4 is 5.78 Å².